The van der Waals surface area contributed by atoms with Gasteiger partial charge in [0.2, 0.25) is 0 Å². The van der Waals surface area contributed by atoms with E-state index in [9.17, 15) is 0 Å². The standard InChI is InChI=1S/C14H30N2O/c1-5-7-9-14(6-2,11-15)16(4)13-8-10-17-12(13)3/h12-13H,5-11,15H2,1-4H3. The van der Waals surface area contributed by atoms with Crippen LogP contribution >= 0.6 is 0 Å². The van der Waals surface area contributed by atoms with Gasteiger partial charge in [0.05, 0.1) is 6.10 Å². The summed E-state index contributed by atoms with van der Waals surface area (Å²) >= 11 is 0. The van der Waals surface area contributed by atoms with Gasteiger partial charge in [0, 0.05) is 24.7 Å². The van der Waals surface area contributed by atoms with Crippen LogP contribution in [0.3, 0.4) is 0 Å². The van der Waals surface area contributed by atoms with Gasteiger partial charge in [-0.05, 0) is 33.2 Å². The van der Waals surface area contributed by atoms with Gasteiger partial charge < -0.3 is 10.5 Å². The molecule has 3 atom stereocenters. The molecule has 0 aliphatic carbocycles. The molecule has 2 N–H and O–H groups in total. The second-order valence-electron chi connectivity index (χ2n) is 5.43. The van der Waals surface area contributed by atoms with E-state index in [1.165, 1.54) is 19.3 Å². The van der Waals surface area contributed by atoms with E-state index in [0.717, 1.165) is 26.0 Å². The summed E-state index contributed by atoms with van der Waals surface area (Å²) in [6, 6.07) is 0.537. The summed E-state index contributed by atoms with van der Waals surface area (Å²) in [6.07, 6.45) is 6.33. The maximum absolute atomic E-state index is 6.09. The number of hydrogen-bond acceptors (Lipinski definition) is 3. The van der Waals surface area contributed by atoms with Crippen molar-refractivity contribution in [1.29, 1.82) is 0 Å². The highest BCUT2D eigenvalue weighted by Gasteiger charge is 2.39. The lowest BCUT2D eigenvalue weighted by Gasteiger charge is -2.45. The molecular weight excluding hydrogens is 212 g/mol. The van der Waals surface area contributed by atoms with Crippen molar-refractivity contribution in [3.63, 3.8) is 0 Å². The number of nitrogens with zero attached hydrogens (tertiary/aromatic N) is 1. The van der Waals surface area contributed by atoms with Crippen LogP contribution in [0.25, 0.3) is 0 Å². The Morgan fingerprint density at radius 3 is 2.53 bits per heavy atom. The molecular formula is C14H30N2O. The molecule has 0 aromatic heterocycles. The topological polar surface area (TPSA) is 38.5 Å². The van der Waals surface area contributed by atoms with E-state index in [-0.39, 0.29) is 5.54 Å². The molecule has 1 aliphatic heterocycles. The summed E-state index contributed by atoms with van der Waals surface area (Å²) < 4.78 is 5.69. The van der Waals surface area contributed by atoms with Crippen LogP contribution in [0.2, 0.25) is 0 Å². The van der Waals surface area contributed by atoms with Crippen molar-refractivity contribution in [2.24, 2.45) is 5.73 Å². The van der Waals surface area contributed by atoms with Gasteiger partial charge in [-0.2, -0.15) is 0 Å². The van der Waals surface area contributed by atoms with Gasteiger partial charge in [0.15, 0.2) is 0 Å². The summed E-state index contributed by atoms with van der Waals surface area (Å²) in [6.45, 7) is 8.35. The van der Waals surface area contributed by atoms with Crippen molar-refractivity contribution in [1.82, 2.24) is 4.90 Å². The highest BCUT2D eigenvalue weighted by Crippen LogP contribution is 2.30. The number of hydrogen-bond donors (Lipinski definition) is 1. The van der Waals surface area contributed by atoms with Gasteiger partial charge in [0.1, 0.15) is 0 Å². The van der Waals surface area contributed by atoms with E-state index in [4.69, 9.17) is 10.5 Å². The van der Waals surface area contributed by atoms with Crippen LogP contribution in [0.1, 0.15) is 52.9 Å². The van der Waals surface area contributed by atoms with Crippen molar-refractivity contribution < 1.29 is 4.74 Å². The van der Waals surface area contributed by atoms with E-state index in [1.54, 1.807) is 0 Å². The molecule has 0 radical (unpaired) electrons. The van der Waals surface area contributed by atoms with Crippen LogP contribution in [0.15, 0.2) is 0 Å². The predicted octanol–water partition coefficient (Wildman–Crippen LogP) is 2.39. The van der Waals surface area contributed by atoms with Gasteiger partial charge in [0.25, 0.3) is 0 Å². The Hall–Kier alpha value is -0.120. The Morgan fingerprint density at radius 1 is 1.41 bits per heavy atom. The van der Waals surface area contributed by atoms with E-state index in [1.807, 2.05) is 0 Å². The molecule has 0 amide bonds. The number of rotatable bonds is 7. The van der Waals surface area contributed by atoms with Gasteiger partial charge in [-0.25, -0.2) is 0 Å². The smallest absolute Gasteiger partial charge is 0.0703 e. The minimum Gasteiger partial charge on any atom is -0.377 e. The number of likely N-dealkylation sites (N-methyl/N-ethyl adjacent to an activating group) is 1. The van der Waals surface area contributed by atoms with Crippen molar-refractivity contribution in [3.8, 4) is 0 Å². The summed E-state index contributed by atoms with van der Waals surface area (Å²) in [5.41, 5.74) is 6.26. The zero-order valence-corrected chi connectivity index (χ0v) is 12.0. The van der Waals surface area contributed by atoms with Crippen LogP contribution in [0.4, 0.5) is 0 Å². The molecule has 1 rings (SSSR count). The first-order chi connectivity index (χ1) is 8.11. The normalized spacial score (nSPS) is 28.6. The third-order valence-corrected chi connectivity index (χ3v) is 4.62. The van der Waals surface area contributed by atoms with Crippen molar-refractivity contribution in [2.75, 3.05) is 20.2 Å². The van der Waals surface area contributed by atoms with Crippen molar-refractivity contribution in [2.45, 2.75) is 70.6 Å². The first kappa shape index (κ1) is 14.9. The highest BCUT2D eigenvalue weighted by molar-refractivity contribution is 4.95. The largest absolute Gasteiger partial charge is 0.377 e. The molecule has 0 aromatic carbocycles. The fraction of sp³-hybridized carbons (Fsp3) is 1.00. The maximum Gasteiger partial charge on any atom is 0.0703 e. The lowest BCUT2D eigenvalue weighted by atomic mass is 9.86. The Morgan fingerprint density at radius 2 is 2.12 bits per heavy atom. The van der Waals surface area contributed by atoms with E-state index < -0.39 is 0 Å². The van der Waals surface area contributed by atoms with Crippen LogP contribution in [0, 0.1) is 0 Å². The number of ether oxygens (including phenoxy) is 1. The van der Waals surface area contributed by atoms with E-state index >= 15 is 0 Å². The predicted molar refractivity (Wildman–Crippen MR) is 73.2 cm³/mol. The molecule has 0 saturated carbocycles. The summed E-state index contributed by atoms with van der Waals surface area (Å²) in [5.74, 6) is 0. The molecule has 1 heterocycles. The minimum absolute atomic E-state index is 0.169. The third-order valence-electron chi connectivity index (χ3n) is 4.62. The lowest BCUT2D eigenvalue weighted by molar-refractivity contribution is 0.0205. The monoisotopic (exact) mass is 242 g/mol. The van der Waals surface area contributed by atoms with Gasteiger partial charge in [-0.3, -0.25) is 4.90 Å². The van der Waals surface area contributed by atoms with Gasteiger partial charge >= 0.3 is 0 Å². The Bertz CT molecular complexity index is 216. The fourth-order valence-electron chi connectivity index (χ4n) is 3.08. The average molecular weight is 242 g/mol. The number of unbranched alkanes of at least 4 members (excludes halogenated alkanes) is 1. The molecule has 102 valence electrons. The van der Waals surface area contributed by atoms with Crippen LogP contribution < -0.4 is 5.73 Å². The van der Waals surface area contributed by atoms with Crippen molar-refractivity contribution in [3.05, 3.63) is 0 Å². The summed E-state index contributed by atoms with van der Waals surface area (Å²) in [5, 5.41) is 0. The highest BCUT2D eigenvalue weighted by atomic mass is 16.5. The molecule has 0 aromatic rings. The quantitative estimate of drug-likeness (QED) is 0.745. The van der Waals surface area contributed by atoms with Crippen molar-refractivity contribution >= 4 is 0 Å². The molecule has 3 unspecified atom stereocenters. The fourth-order valence-corrected chi connectivity index (χ4v) is 3.08. The molecule has 1 aliphatic rings. The third kappa shape index (κ3) is 3.21. The van der Waals surface area contributed by atoms with E-state index in [0.29, 0.717) is 12.1 Å². The second kappa shape index (κ2) is 6.72. The number of nitrogens with two attached hydrogens (primary N) is 1. The van der Waals surface area contributed by atoms with Crippen LogP contribution in [0.5, 0.6) is 0 Å². The molecule has 17 heavy (non-hydrogen) atoms. The zero-order valence-electron chi connectivity index (χ0n) is 12.0. The molecule has 3 nitrogen and oxygen atoms in total. The van der Waals surface area contributed by atoms with Crippen LogP contribution in [-0.2, 0) is 4.74 Å². The Kier molecular flexibility index (Phi) is 5.90. The van der Waals surface area contributed by atoms with Crippen LogP contribution in [-0.4, -0.2) is 42.8 Å². The van der Waals surface area contributed by atoms with E-state index in [2.05, 4.69) is 32.7 Å². The summed E-state index contributed by atoms with van der Waals surface area (Å²) in [4.78, 5) is 2.51. The molecule has 3 heteroatoms. The Labute approximate surface area is 107 Å². The van der Waals surface area contributed by atoms with Gasteiger partial charge in [-0.15, -0.1) is 0 Å². The first-order valence-corrected chi connectivity index (χ1v) is 7.16. The maximum atomic E-state index is 6.09. The molecule has 1 fully saturated rings. The molecule has 1 saturated heterocycles. The SMILES string of the molecule is CCCCC(CC)(CN)N(C)C1CCOC1C. The lowest BCUT2D eigenvalue weighted by Crippen LogP contribution is -2.57. The zero-order chi connectivity index (χ0) is 12.9. The van der Waals surface area contributed by atoms with Gasteiger partial charge in [-0.1, -0.05) is 26.7 Å². The molecule has 0 spiro atoms. The minimum atomic E-state index is 0.169. The average Bonchev–Trinajstić information content (AvgIpc) is 2.77. The molecule has 0 bridgehead atoms. The summed E-state index contributed by atoms with van der Waals surface area (Å²) in [7, 11) is 2.24. The first-order valence-electron chi connectivity index (χ1n) is 7.16. The Balaban J connectivity index is 2.73. The second-order valence-corrected chi connectivity index (χ2v) is 5.43.